The highest BCUT2D eigenvalue weighted by atomic mass is 19.1. The Balaban J connectivity index is 1.96. The maximum atomic E-state index is 13.5. The Bertz CT molecular complexity index is 602. The Morgan fingerprint density at radius 2 is 2.11 bits per heavy atom. The zero-order valence-corrected chi connectivity index (χ0v) is 10.5. The van der Waals surface area contributed by atoms with Crippen molar-refractivity contribution < 1.29 is 4.39 Å². The van der Waals surface area contributed by atoms with Crippen molar-refractivity contribution in [3.63, 3.8) is 0 Å². The van der Waals surface area contributed by atoms with E-state index < -0.39 is 0 Å². The lowest BCUT2D eigenvalue weighted by atomic mass is 10.1. The Kier molecular flexibility index (Phi) is 4.16. The summed E-state index contributed by atoms with van der Waals surface area (Å²) in [4.78, 5) is 8.32. The first kappa shape index (κ1) is 13.1. The van der Waals surface area contributed by atoms with Crippen LogP contribution in [0.5, 0.6) is 0 Å². The largest absolute Gasteiger partial charge is 0.307 e. The van der Waals surface area contributed by atoms with E-state index in [0.717, 1.165) is 11.4 Å². The van der Waals surface area contributed by atoms with Crippen LogP contribution >= 0.6 is 0 Å². The van der Waals surface area contributed by atoms with E-state index in [4.69, 9.17) is 5.26 Å². The summed E-state index contributed by atoms with van der Waals surface area (Å²) in [5.74, 6) is -0.318. The molecule has 0 radical (unpaired) electrons. The molecular formula is C14H13FN4. The minimum Gasteiger partial charge on any atom is -0.307 e. The lowest BCUT2D eigenvalue weighted by Gasteiger charge is -2.06. The van der Waals surface area contributed by atoms with Crippen LogP contribution in [0.25, 0.3) is 0 Å². The molecule has 0 bridgehead atoms. The maximum Gasteiger partial charge on any atom is 0.127 e. The van der Waals surface area contributed by atoms with Crippen LogP contribution < -0.4 is 5.32 Å². The van der Waals surface area contributed by atoms with Crippen LogP contribution in [0, 0.1) is 24.1 Å². The van der Waals surface area contributed by atoms with Crippen LogP contribution in [0.4, 0.5) is 4.39 Å². The number of nitrogens with one attached hydrogen (secondary N) is 1. The number of aromatic nitrogens is 2. The third kappa shape index (κ3) is 3.57. The van der Waals surface area contributed by atoms with Crippen LogP contribution in [0.1, 0.15) is 22.5 Å². The van der Waals surface area contributed by atoms with Crippen LogP contribution in [-0.4, -0.2) is 9.97 Å². The molecular weight excluding hydrogens is 243 g/mol. The highest BCUT2D eigenvalue weighted by Gasteiger charge is 2.03. The third-order valence-electron chi connectivity index (χ3n) is 2.63. The molecule has 1 aromatic heterocycles. The van der Waals surface area contributed by atoms with Gasteiger partial charge in [0.15, 0.2) is 0 Å². The number of aryl methyl sites for hydroxylation is 1. The van der Waals surface area contributed by atoms with Crippen molar-refractivity contribution in [3.05, 3.63) is 58.9 Å². The molecule has 0 aliphatic carbocycles. The van der Waals surface area contributed by atoms with E-state index in [-0.39, 0.29) is 5.82 Å². The molecule has 0 amide bonds. The lowest BCUT2D eigenvalue weighted by molar-refractivity contribution is 0.585. The molecule has 0 saturated heterocycles. The number of hydrogen-bond acceptors (Lipinski definition) is 4. The molecule has 1 N–H and O–H groups in total. The smallest absolute Gasteiger partial charge is 0.127 e. The van der Waals surface area contributed by atoms with Crippen molar-refractivity contribution in [2.75, 3.05) is 0 Å². The van der Waals surface area contributed by atoms with Gasteiger partial charge in [0.05, 0.1) is 23.0 Å². The molecule has 0 aliphatic heterocycles. The first-order chi connectivity index (χ1) is 9.19. The van der Waals surface area contributed by atoms with Gasteiger partial charge >= 0.3 is 0 Å². The molecule has 0 atom stereocenters. The van der Waals surface area contributed by atoms with Crippen molar-refractivity contribution in [1.82, 2.24) is 15.3 Å². The average Bonchev–Trinajstić information content (AvgIpc) is 2.43. The fraction of sp³-hybridized carbons (Fsp3) is 0.214. The summed E-state index contributed by atoms with van der Waals surface area (Å²) in [5.41, 5.74) is 2.58. The predicted octanol–water partition coefficient (Wildman–Crippen LogP) is 2.09. The Labute approximate surface area is 110 Å². The van der Waals surface area contributed by atoms with E-state index in [1.807, 2.05) is 13.0 Å². The van der Waals surface area contributed by atoms with E-state index in [2.05, 4.69) is 15.3 Å². The summed E-state index contributed by atoms with van der Waals surface area (Å²) < 4.78 is 13.5. The highest BCUT2D eigenvalue weighted by molar-refractivity contribution is 5.33. The van der Waals surface area contributed by atoms with Crippen LogP contribution in [-0.2, 0) is 13.1 Å². The SMILES string of the molecule is Cc1cnc(CNCc2cc(C#N)ccc2F)cn1. The summed E-state index contributed by atoms with van der Waals surface area (Å²) in [7, 11) is 0. The number of halogens is 1. The lowest BCUT2D eigenvalue weighted by Crippen LogP contribution is -2.15. The van der Waals surface area contributed by atoms with Crippen molar-refractivity contribution in [3.8, 4) is 6.07 Å². The summed E-state index contributed by atoms with van der Waals surface area (Å²) in [5, 5.41) is 11.8. The quantitative estimate of drug-likeness (QED) is 0.909. The molecule has 19 heavy (non-hydrogen) atoms. The Morgan fingerprint density at radius 3 is 2.79 bits per heavy atom. The fourth-order valence-corrected chi connectivity index (χ4v) is 1.62. The van der Waals surface area contributed by atoms with Crippen LogP contribution in [0.15, 0.2) is 30.6 Å². The standard InChI is InChI=1S/C14H13FN4/c1-10-6-19-13(9-18-10)8-17-7-12-4-11(5-16)2-3-14(12)15/h2-4,6,9,17H,7-8H2,1H3. The molecule has 4 nitrogen and oxygen atoms in total. The van der Waals surface area contributed by atoms with Gasteiger partial charge in [-0.25, -0.2) is 4.39 Å². The topological polar surface area (TPSA) is 61.6 Å². The highest BCUT2D eigenvalue weighted by Crippen LogP contribution is 2.10. The van der Waals surface area contributed by atoms with Gasteiger partial charge in [0.25, 0.3) is 0 Å². The van der Waals surface area contributed by atoms with Crippen LogP contribution in [0.3, 0.4) is 0 Å². The van der Waals surface area contributed by atoms with Gasteiger partial charge in [0.2, 0.25) is 0 Å². The summed E-state index contributed by atoms with van der Waals surface area (Å²) in [6.07, 6.45) is 3.37. The van der Waals surface area contributed by atoms with Crippen LogP contribution in [0.2, 0.25) is 0 Å². The van der Waals surface area contributed by atoms with Crippen molar-refractivity contribution >= 4 is 0 Å². The molecule has 1 aromatic carbocycles. The second-order valence-electron chi connectivity index (χ2n) is 4.17. The fourth-order valence-electron chi connectivity index (χ4n) is 1.62. The number of hydrogen-bond donors (Lipinski definition) is 1. The molecule has 1 heterocycles. The maximum absolute atomic E-state index is 13.5. The van der Waals surface area contributed by atoms with Gasteiger partial charge in [-0.05, 0) is 25.1 Å². The zero-order valence-electron chi connectivity index (χ0n) is 10.5. The number of rotatable bonds is 4. The summed E-state index contributed by atoms with van der Waals surface area (Å²) in [6, 6.07) is 6.31. The summed E-state index contributed by atoms with van der Waals surface area (Å²) in [6.45, 7) is 2.72. The van der Waals surface area contributed by atoms with Gasteiger partial charge in [-0.2, -0.15) is 5.26 Å². The molecule has 2 aromatic rings. The van der Waals surface area contributed by atoms with E-state index in [0.29, 0.717) is 24.2 Å². The van der Waals surface area contributed by atoms with Crippen molar-refractivity contribution in [2.24, 2.45) is 0 Å². The minimum atomic E-state index is -0.318. The normalized spacial score (nSPS) is 10.2. The van der Waals surface area contributed by atoms with Gasteiger partial charge in [-0.1, -0.05) is 0 Å². The molecule has 0 spiro atoms. The van der Waals surface area contributed by atoms with Gasteiger partial charge in [0.1, 0.15) is 5.82 Å². The third-order valence-corrected chi connectivity index (χ3v) is 2.63. The zero-order chi connectivity index (χ0) is 13.7. The summed E-state index contributed by atoms with van der Waals surface area (Å²) >= 11 is 0. The first-order valence-corrected chi connectivity index (χ1v) is 5.86. The second kappa shape index (κ2) is 6.03. The Hall–Kier alpha value is -2.32. The van der Waals surface area contributed by atoms with Gasteiger partial charge < -0.3 is 5.32 Å². The van der Waals surface area contributed by atoms with E-state index in [1.54, 1.807) is 18.5 Å². The molecule has 2 rings (SSSR count). The second-order valence-corrected chi connectivity index (χ2v) is 4.17. The first-order valence-electron chi connectivity index (χ1n) is 5.86. The Morgan fingerprint density at radius 1 is 1.26 bits per heavy atom. The molecule has 0 fully saturated rings. The predicted molar refractivity (Wildman–Crippen MR) is 68.4 cm³/mol. The van der Waals surface area contributed by atoms with E-state index in [9.17, 15) is 4.39 Å². The average molecular weight is 256 g/mol. The molecule has 96 valence electrons. The van der Waals surface area contributed by atoms with Gasteiger partial charge in [0, 0.05) is 31.0 Å². The van der Waals surface area contributed by atoms with Crippen molar-refractivity contribution in [1.29, 1.82) is 5.26 Å². The minimum absolute atomic E-state index is 0.318. The molecule has 0 aliphatic rings. The van der Waals surface area contributed by atoms with E-state index >= 15 is 0 Å². The number of nitrogens with zero attached hydrogens (tertiary/aromatic N) is 3. The van der Waals surface area contributed by atoms with E-state index in [1.165, 1.54) is 12.1 Å². The molecule has 0 unspecified atom stereocenters. The van der Waals surface area contributed by atoms with Crippen molar-refractivity contribution in [2.45, 2.75) is 20.0 Å². The molecule has 5 heteroatoms. The monoisotopic (exact) mass is 256 g/mol. The number of nitriles is 1. The van der Waals surface area contributed by atoms with Gasteiger partial charge in [-0.15, -0.1) is 0 Å². The number of benzene rings is 1. The van der Waals surface area contributed by atoms with Gasteiger partial charge in [-0.3, -0.25) is 9.97 Å². The molecule has 0 saturated carbocycles.